The fourth-order valence-electron chi connectivity index (χ4n) is 1.74. The van der Waals surface area contributed by atoms with Gasteiger partial charge in [0.15, 0.2) is 5.78 Å². The van der Waals surface area contributed by atoms with Crippen molar-refractivity contribution in [3.05, 3.63) is 29.3 Å². The van der Waals surface area contributed by atoms with E-state index < -0.39 is 0 Å². The Morgan fingerprint density at radius 2 is 2.06 bits per heavy atom. The van der Waals surface area contributed by atoms with Crippen LogP contribution in [0.2, 0.25) is 0 Å². The summed E-state index contributed by atoms with van der Waals surface area (Å²) in [5, 5.41) is 0. The van der Waals surface area contributed by atoms with Gasteiger partial charge in [-0.15, -0.1) is 0 Å². The summed E-state index contributed by atoms with van der Waals surface area (Å²) in [5.74, 6) is 1.11. The quantitative estimate of drug-likeness (QED) is 0.712. The molecule has 3 nitrogen and oxygen atoms in total. The van der Waals surface area contributed by atoms with Crippen molar-refractivity contribution < 1.29 is 14.3 Å². The predicted molar refractivity (Wildman–Crippen MR) is 67.9 cm³/mol. The first-order valence-corrected chi connectivity index (χ1v) is 5.89. The Hall–Kier alpha value is -1.35. The maximum atomic E-state index is 11.9. The smallest absolute Gasteiger partial charge is 0.188 e. The van der Waals surface area contributed by atoms with E-state index in [0.717, 1.165) is 16.9 Å². The molecule has 0 heterocycles. The summed E-state index contributed by atoms with van der Waals surface area (Å²) >= 11 is 0. The normalized spacial score (nSPS) is 10.6. The van der Waals surface area contributed by atoms with Crippen molar-refractivity contribution >= 4 is 5.78 Å². The van der Waals surface area contributed by atoms with Gasteiger partial charge in [-0.1, -0.05) is 13.8 Å². The fraction of sp³-hybridized carbons (Fsp3) is 0.500. The summed E-state index contributed by atoms with van der Waals surface area (Å²) in [5.41, 5.74) is 1.74. The van der Waals surface area contributed by atoms with Gasteiger partial charge in [0.1, 0.15) is 12.4 Å². The highest BCUT2D eigenvalue weighted by molar-refractivity contribution is 5.98. The first-order chi connectivity index (χ1) is 8.10. The molecular formula is C14H20O3. The number of carbonyl (C=O) groups excluding carboxylic acids is 1. The highest BCUT2D eigenvalue weighted by Gasteiger charge is 2.14. The Kier molecular flexibility index (Phi) is 5.16. The molecule has 0 atom stereocenters. The minimum atomic E-state index is 0.0132. The standard InChI is InChI=1S/C14H20O3/c1-5-17-11-6-7-12(14(15)9-16-4)13(8-11)10(2)3/h6-8,10H,5,9H2,1-4H3. The minimum absolute atomic E-state index is 0.0132. The molecule has 0 N–H and O–H groups in total. The average Bonchev–Trinajstić information content (AvgIpc) is 2.29. The maximum absolute atomic E-state index is 11.9. The van der Waals surface area contributed by atoms with Gasteiger partial charge in [0, 0.05) is 12.7 Å². The Morgan fingerprint density at radius 3 is 2.59 bits per heavy atom. The second-order valence-corrected chi connectivity index (χ2v) is 4.19. The van der Waals surface area contributed by atoms with Crippen LogP contribution < -0.4 is 4.74 Å². The van der Waals surface area contributed by atoms with E-state index >= 15 is 0 Å². The molecule has 0 fully saturated rings. The summed E-state index contributed by atoms with van der Waals surface area (Å²) < 4.78 is 10.3. The predicted octanol–water partition coefficient (Wildman–Crippen LogP) is 3.04. The minimum Gasteiger partial charge on any atom is -0.494 e. The Bertz CT molecular complexity index is 383. The monoisotopic (exact) mass is 236 g/mol. The van der Waals surface area contributed by atoms with Crippen LogP contribution in [-0.2, 0) is 4.74 Å². The summed E-state index contributed by atoms with van der Waals surface area (Å²) in [4.78, 5) is 11.9. The number of hydrogen-bond donors (Lipinski definition) is 0. The van der Waals surface area contributed by atoms with Crippen LogP contribution in [0.4, 0.5) is 0 Å². The summed E-state index contributed by atoms with van der Waals surface area (Å²) in [6, 6.07) is 5.59. The van der Waals surface area contributed by atoms with Crippen LogP contribution in [0.5, 0.6) is 5.75 Å². The number of ether oxygens (including phenoxy) is 2. The van der Waals surface area contributed by atoms with Gasteiger partial charge in [-0.25, -0.2) is 0 Å². The third-order valence-corrected chi connectivity index (χ3v) is 2.53. The van der Waals surface area contributed by atoms with Crippen molar-refractivity contribution in [1.82, 2.24) is 0 Å². The molecular weight excluding hydrogens is 216 g/mol. The summed E-state index contributed by atoms with van der Waals surface area (Å²) in [6.45, 7) is 6.82. The van der Waals surface area contributed by atoms with Crippen LogP contribution in [0.25, 0.3) is 0 Å². The molecule has 94 valence electrons. The second-order valence-electron chi connectivity index (χ2n) is 4.19. The van der Waals surface area contributed by atoms with Crippen molar-refractivity contribution in [3.63, 3.8) is 0 Å². The number of methoxy groups -OCH3 is 1. The molecule has 0 aromatic heterocycles. The highest BCUT2D eigenvalue weighted by Crippen LogP contribution is 2.25. The van der Waals surface area contributed by atoms with Crippen LogP contribution in [0.3, 0.4) is 0 Å². The molecule has 0 aliphatic rings. The lowest BCUT2D eigenvalue weighted by atomic mass is 9.94. The number of ketones is 1. The van der Waals surface area contributed by atoms with E-state index in [1.54, 1.807) is 0 Å². The molecule has 1 aromatic rings. The van der Waals surface area contributed by atoms with E-state index in [0.29, 0.717) is 6.61 Å². The van der Waals surface area contributed by atoms with Gasteiger partial charge in [0.05, 0.1) is 6.61 Å². The maximum Gasteiger partial charge on any atom is 0.188 e. The lowest BCUT2D eigenvalue weighted by Crippen LogP contribution is -2.11. The molecule has 1 rings (SSSR count). The van der Waals surface area contributed by atoms with Gasteiger partial charge in [0.2, 0.25) is 0 Å². The molecule has 0 spiro atoms. The zero-order chi connectivity index (χ0) is 12.8. The van der Waals surface area contributed by atoms with Crippen LogP contribution in [0.1, 0.15) is 42.6 Å². The van der Waals surface area contributed by atoms with Gasteiger partial charge in [0.25, 0.3) is 0 Å². The Labute approximate surface area is 103 Å². The molecule has 0 saturated carbocycles. The van der Waals surface area contributed by atoms with Crippen molar-refractivity contribution in [2.45, 2.75) is 26.7 Å². The lowest BCUT2D eigenvalue weighted by molar-refractivity contribution is 0.0846. The number of carbonyl (C=O) groups is 1. The zero-order valence-electron chi connectivity index (χ0n) is 10.9. The summed E-state index contributed by atoms with van der Waals surface area (Å²) in [6.07, 6.45) is 0. The third-order valence-electron chi connectivity index (χ3n) is 2.53. The second kappa shape index (κ2) is 6.40. The van der Waals surface area contributed by atoms with Gasteiger partial charge in [-0.2, -0.15) is 0 Å². The molecule has 0 bridgehead atoms. The number of benzene rings is 1. The molecule has 0 amide bonds. The molecule has 17 heavy (non-hydrogen) atoms. The van der Waals surface area contributed by atoms with E-state index in [2.05, 4.69) is 13.8 Å². The van der Waals surface area contributed by atoms with Crippen molar-refractivity contribution in [3.8, 4) is 5.75 Å². The first kappa shape index (κ1) is 13.7. The van der Waals surface area contributed by atoms with Crippen LogP contribution in [0.15, 0.2) is 18.2 Å². The van der Waals surface area contributed by atoms with E-state index in [1.807, 2.05) is 25.1 Å². The average molecular weight is 236 g/mol. The SMILES string of the molecule is CCOc1ccc(C(=O)COC)c(C(C)C)c1. The van der Waals surface area contributed by atoms with Gasteiger partial charge in [-0.05, 0) is 36.6 Å². The Balaban J connectivity index is 3.08. The number of rotatable bonds is 6. The van der Waals surface area contributed by atoms with Crippen molar-refractivity contribution in [2.75, 3.05) is 20.3 Å². The van der Waals surface area contributed by atoms with E-state index in [9.17, 15) is 4.79 Å². The van der Waals surface area contributed by atoms with Crippen molar-refractivity contribution in [2.24, 2.45) is 0 Å². The van der Waals surface area contributed by atoms with E-state index in [1.165, 1.54) is 7.11 Å². The summed E-state index contributed by atoms with van der Waals surface area (Å²) in [7, 11) is 1.53. The van der Waals surface area contributed by atoms with Crippen LogP contribution >= 0.6 is 0 Å². The Morgan fingerprint density at radius 1 is 1.35 bits per heavy atom. The highest BCUT2D eigenvalue weighted by atomic mass is 16.5. The fourth-order valence-corrected chi connectivity index (χ4v) is 1.74. The largest absolute Gasteiger partial charge is 0.494 e. The molecule has 0 radical (unpaired) electrons. The zero-order valence-corrected chi connectivity index (χ0v) is 10.9. The van der Waals surface area contributed by atoms with Crippen molar-refractivity contribution in [1.29, 1.82) is 0 Å². The molecule has 3 heteroatoms. The third kappa shape index (κ3) is 3.56. The molecule has 0 saturated heterocycles. The number of hydrogen-bond acceptors (Lipinski definition) is 3. The van der Waals surface area contributed by atoms with E-state index in [4.69, 9.17) is 9.47 Å². The van der Waals surface area contributed by atoms with Gasteiger partial charge >= 0.3 is 0 Å². The molecule has 0 aliphatic carbocycles. The number of Topliss-reactive ketones (excluding diaryl/α,β-unsaturated/α-hetero) is 1. The van der Waals surface area contributed by atoms with Crippen LogP contribution in [0, 0.1) is 0 Å². The first-order valence-electron chi connectivity index (χ1n) is 5.89. The lowest BCUT2D eigenvalue weighted by Gasteiger charge is -2.14. The topological polar surface area (TPSA) is 35.5 Å². The molecule has 0 aliphatic heterocycles. The molecule has 1 aromatic carbocycles. The van der Waals surface area contributed by atoms with E-state index in [-0.39, 0.29) is 18.3 Å². The van der Waals surface area contributed by atoms with Gasteiger partial charge < -0.3 is 9.47 Å². The molecule has 0 unspecified atom stereocenters. The van der Waals surface area contributed by atoms with Crippen LogP contribution in [-0.4, -0.2) is 26.1 Å². The van der Waals surface area contributed by atoms with Gasteiger partial charge in [-0.3, -0.25) is 4.79 Å².